The standard InChI is InChI=1S/C54H42/c1-29(2)33-13-15-39-43(21-33)49-25-37(35-11-7-9-31(5)19-35)23-47-41-17-18-42-46(45(41)27-51(39)53(47)49)28-52-40-16-14-34(30(3)4)22-44(40)50-26-38(24-48(42)54(50)52)36-12-8-10-32(6)20-36/h7-30H,1-6H3. The van der Waals surface area contributed by atoms with E-state index in [0.717, 1.165) is 0 Å². The van der Waals surface area contributed by atoms with Crippen molar-refractivity contribution in [2.75, 3.05) is 0 Å². The van der Waals surface area contributed by atoms with Crippen LogP contribution < -0.4 is 0 Å². The molecule has 0 N–H and O–H groups in total. The number of hydrogen-bond donors (Lipinski definition) is 0. The zero-order valence-electron chi connectivity index (χ0n) is 31.9. The molecule has 11 rings (SSSR count). The van der Waals surface area contributed by atoms with E-state index in [1.54, 1.807) is 0 Å². The summed E-state index contributed by atoms with van der Waals surface area (Å²) in [6.45, 7) is 13.6. The maximum atomic E-state index is 2.53. The average molecular weight is 691 g/mol. The van der Waals surface area contributed by atoms with Crippen molar-refractivity contribution < 1.29 is 0 Å². The largest absolute Gasteiger partial charge is 0.0614 e. The van der Waals surface area contributed by atoms with Crippen LogP contribution in [0.5, 0.6) is 0 Å². The van der Waals surface area contributed by atoms with Gasteiger partial charge in [-0.1, -0.05) is 136 Å². The summed E-state index contributed by atoms with van der Waals surface area (Å²) in [4.78, 5) is 0. The first kappa shape index (κ1) is 31.5. The predicted octanol–water partition coefficient (Wildman–Crippen LogP) is 16.0. The third kappa shape index (κ3) is 4.44. The number of aryl methyl sites for hydroxylation is 2. The minimum absolute atomic E-state index is 0.465. The van der Waals surface area contributed by atoms with Crippen LogP contribution >= 0.6 is 0 Å². The van der Waals surface area contributed by atoms with Crippen LogP contribution in [-0.4, -0.2) is 0 Å². The SMILES string of the molecule is Cc1cccc(-c2cc3c4ccc5c(cc6c7ccc(C(C)C)cc7c7cc(-c8cccc(C)c8)cc5c76)c4cc4c5ccc(C(C)C)cc5c(c2)c34)c1. The fourth-order valence-electron chi connectivity index (χ4n) is 9.73. The van der Waals surface area contributed by atoms with Gasteiger partial charge in [0.1, 0.15) is 0 Å². The Balaban J connectivity index is 1.33. The van der Waals surface area contributed by atoms with E-state index in [-0.39, 0.29) is 0 Å². The predicted molar refractivity (Wildman–Crippen MR) is 237 cm³/mol. The van der Waals surface area contributed by atoms with Gasteiger partial charge in [0.2, 0.25) is 0 Å². The van der Waals surface area contributed by atoms with Gasteiger partial charge in [-0.05, 0) is 182 Å². The molecule has 0 heteroatoms. The van der Waals surface area contributed by atoms with Gasteiger partial charge in [0.15, 0.2) is 0 Å². The van der Waals surface area contributed by atoms with E-state index < -0.39 is 0 Å². The molecule has 0 saturated heterocycles. The Kier molecular flexibility index (Phi) is 6.58. The Hall–Kier alpha value is -5.98. The fourth-order valence-corrected chi connectivity index (χ4v) is 9.73. The van der Waals surface area contributed by atoms with Crippen LogP contribution in [-0.2, 0) is 0 Å². The summed E-state index contributed by atoms with van der Waals surface area (Å²) in [7, 11) is 0. The molecule has 0 heterocycles. The minimum Gasteiger partial charge on any atom is -0.0614 e. The highest BCUT2D eigenvalue weighted by Crippen LogP contribution is 2.49. The molecule has 0 aromatic heterocycles. The third-order valence-electron chi connectivity index (χ3n) is 12.5. The van der Waals surface area contributed by atoms with E-state index in [1.165, 1.54) is 131 Å². The number of rotatable bonds is 4. The molecule has 0 saturated carbocycles. The second kappa shape index (κ2) is 11.3. The fraction of sp³-hybridized carbons (Fsp3) is 0.148. The Morgan fingerprint density at radius 2 is 0.611 bits per heavy atom. The Morgan fingerprint density at radius 3 is 0.981 bits per heavy atom. The van der Waals surface area contributed by atoms with Crippen molar-refractivity contribution in [2.45, 2.75) is 53.4 Å². The van der Waals surface area contributed by atoms with Crippen LogP contribution in [0.15, 0.2) is 133 Å². The zero-order valence-corrected chi connectivity index (χ0v) is 31.9. The molecule has 0 aliphatic heterocycles. The molecule has 0 amide bonds. The topological polar surface area (TPSA) is 0 Å². The van der Waals surface area contributed by atoms with Crippen molar-refractivity contribution >= 4 is 86.2 Å². The molecule has 0 aliphatic rings. The lowest BCUT2D eigenvalue weighted by atomic mass is 9.89. The Bertz CT molecular complexity index is 3110. The highest BCUT2D eigenvalue weighted by atomic mass is 14.2. The normalized spacial score (nSPS) is 12.6. The summed E-state index contributed by atoms with van der Waals surface area (Å²) in [5, 5.41) is 21.6. The summed E-state index contributed by atoms with van der Waals surface area (Å²) < 4.78 is 0. The Labute approximate surface area is 316 Å². The maximum absolute atomic E-state index is 2.53. The maximum Gasteiger partial charge on any atom is -0.00195 e. The molecule has 0 bridgehead atoms. The van der Waals surface area contributed by atoms with Crippen LogP contribution in [0.3, 0.4) is 0 Å². The van der Waals surface area contributed by atoms with Crippen LogP contribution in [0.4, 0.5) is 0 Å². The van der Waals surface area contributed by atoms with Crippen molar-refractivity contribution in [2.24, 2.45) is 0 Å². The quantitative estimate of drug-likeness (QED) is 0.161. The zero-order chi connectivity index (χ0) is 36.6. The molecule has 0 aliphatic carbocycles. The van der Waals surface area contributed by atoms with Crippen molar-refractivity contribution in [3.63, 3.8) is 0 Å². The summed E-state index contributed by atoms with van der Waals surface area (Å²) in [5.74, 6) is 0.931. The van der Waals surface area contributed by atoms with Gasteiger partial charge in [0.25, 0.3) is 0 Å². The van der Waals surface area contributed by atoms with Crippen LogP contribution in [0.2, 0.25) is 0 Å². The second-order valence-corrected chi connectivity index (χ2v) is 16.7. The first-order valence-corrected chi connectivity index (χ1v) is 19.6. The molecule has 11 aromatic rings. The van der Waals surface area contributed by atoms with Gasteiger partial charge in [-0.25, -0.2) is 0 Å². The van der Waals surface area contributed by atoms with Gasteiger partial charge in [-0.2, -0.15) is 0 Å². The molecule has 0 unspecified atom stereocenters. The molecule has 258 valence electrons. The van der Waals surface area contributed by atoms with Crippen molar-refractivity contribution in [1.29, 1.82) is 0 Å². The average Bonchev–Trinajstić information content (AvgIpc) is 3.67. The third-order valence-corrected chi connectivity index (χ3v) is 12.5. The summed E-state index contributed by atoms with van der Waals surface area (Å²) in [6, 6.07) is 52.1. The smallest absolute Gasteiger partial charge is 0.00195 e. The summed E-state index contributed by atoms with van der Waals surface area (Å²) >= 11 is 0. The van der Waals surface area contributed by atoms with Gasteiger partial charge in [0.05, 0.1) is 0 Å². The van der Waals surface area contributed by atoms with Crippen molar-refractivity contribution in [3.05, 3.63) is 156 Å². The highest BCUT2D eigenvalue weighted by Gasteiger charge is 2.21. The van der Waals surface area contributed by atoms with Gasteiger partial charge in [-0.3, -0.25) is 0 Å². The molecule has 0 spiro atoms. The second-order valence-electron chi connectivity index (χ2n) is 16.7. The number of fused-ring (bicyclic) bond motifs is 11. The lowest BCUT2D eigenvalue weighted by Crippen LogP contribution is -1.87. The monoisotopic (exact) mass is 690 g/mol. The first-order chi connectivity index (χ1) is 26.2. The minimum atomic E-state index is 0.465. The van der Waals surface area contributed by atoms with Gasteiger partial charge in [-0.15, -0.1) is 0 Å². The molecule has 0 fully saturated rings. The van der Waals surface area contributed by atoms with Crippen molar-refractivity contribution in [3.8, 4) is 22.3 Å². The van der Waals surface area contributed by atoms with E-state index in [0.29, 0.717) is 11.8 Å². The van der Waals surface area contributed by atoms with E-state index in [9.17, 15) is 0 Å². The molecule has 11 aromatic carbocycles. The van der Waals surface area contributed by atoms with E-state index in [2.05, 4.69) is 175 Å². The number of benzene rings is 9. The van der Waals surface area contributed by atoms with Crippen LogP contribution in [0.25, 0.3) is 108 Å². The molecular formula is C54H42. The van der Waals surface area contributed by atoms with E-state index in [1.807, 2.05) is 0 Å². The van der Waals surface area contributed by atoms with Gasteiger partial charge < -0.3 is 0 Å². The molecule has 0 nitrogen and oxygen atoms in total. The summed E-state index contributed by atoms with van der Waals surface area (Å²) in [6.07, 6.45) is 0. The van der Waals surface area contributed by atoms with E-state index in [4.69, 9.17) is 0 Å². The van der Waals surface area contributed by atoms with Gasteiger partial charge >= 0.3 is 0 Å². The number of hydrogen-bond acceptors (Lipinski definition) is 0. The van der Waals surface area contributed by atoms with E-state index >= 15 is 0 Å². The lowest BCUT2D eigenvalue weighted by Gasteiger charge is -2.14. The Morgan fingerprint density at radius 1 is 0.278 bits per heavy atom. The van der Waals surface area contributed by atoms with Crippen molar-refractivity contribution in [1.82, 2.24) is 0 Å². The molecule has 0 atom stereocenters. The first-order valence-electron chi connectivity index (χ1n) is 19.6. The van der Waals surface area contributed by atoms with Crippen LogP contribution in [0, 0.1) is 13.8 Å². The highest BCUT2D eigenvalue weighted by molar-refractivity contribution is 6.40. The molecular weight excluding hydrogens is 649 g/mol. The van der Waals surface area contributed by atoms with Crippen LogP contribution in [0.1, 0.15) is 61.8 Å². The summed E-state index contributed by atoms with van der Waals surface area (Å²) in [5.41, 5.74) is 10.4. The molecule has 54 heavy (non-hydrogen) atoms. The lowest BCUT2D eigenvalue weighted by molar-refractivity contribution is 0.869. The van der Waals surface area contributed by atoms with Gasteiger partial charge in [0, 0.05) is 0 Å². The molecule has 0 radical (unpaired) electrons.